The van der Waals surface area contributed by atoms with Gasteiger partial charge in [-0.15, -0.1) is 23.1 Å². The lowest BCUT2D eigenvalue weighted by atomic mass is 10.2. The van der Waals surface area contributed by atoms with Crippen molar-refractivity contribution in [3.8, 4) is 0 Å². The summed E-state index contributed by atoms with van der Waals surface area (Å²) in [6.07, 6.45) is 1.51. The van der Waals surface area contributed by atoms with Crippen molar-refractivity contribution in [3.05, 3.63) is 75.6 Å². The van der Waals surface area contributed by atoms with E-state index in [-0.39, 0.29) is 5.91 Å². The van der Waals surface area contributed by atoms with Gasteiger partial charge in [-0.05, 0) is 35.7 Å². The third-order valence-electron chi connectivity index (χ3n) is 3.05. The number of thiophene rings is 1. The van der Waals surface area contributed by atoms with Crippen LogP contribution in [0.5, 0.6) is 0 Å². The second-order valence-electron chi connectivity index (χ2n) is 4.68. The second-order valence-corrected chi connectivity index (χ2v) is 7.17. The minimum absolute atomic E-state index is 0.172. The molecule has 116 valence electrons. The summed E-state index contributed by atoms with van der Waals surface area (Å²) in [6.45, 7) is 0. The number of amides is 1. The van der Waals surface area contributed by atoms with Crippen LogP contribution in [0.2, 0.25) is 5.02 Å². The van der Waals surface area contributed by atoms with E-state index in [9.17, 15) is 4.79 Å². The number of nitrogens with one attached hydrogen (secondary N) is 1. The third kappa shape index (κ3) is 4.34. The van der Waals surface area contributed by atoms with Crippen LogP contribution >= 0.6 is 34.7 Å². The highest BCUT2D eigenvalue weighted by Crippen LogP contribution is 2.28. The van der Waals surface area contributed by atoms with E-state index in [1.54, 1.807) is 35.2 Å². The highest BCUT2D eigenvalue weighted by molar-refractivity contribution is 7.98. The molecule has 0 aliphatic rings. The molecule has 2 aromatic heterocycles. The van der Waals surface area contributed by atoms with Gasteiger partial charge in [0.05, 0.1) is 10.6 Å². The maximum atomic E-state index is 12.5. The van der Waals surface area contributed by atoms with Crippen LogP contribution in [0.1, 0.15) is 15.2 Å². The van der Waals surface area contributed by atoms with Crippen LogP contribution in [0.3, 0.4) is 0 Å². The van der Waals surface area contributed by atoms with Crippen LogP contribution in [0, 0.1) is 0 Å². The Kier molecular flexibility index (Phi) is 5.33. The molecule has 1 N–H and O–H groups in total. The molecular formula is C17H13ClN2OS2. The lowest BCUT2D eigenvalue weighted by Crippen LogP contribution is -2.13. The van der Waals surface area contributed by atoms with E-state index in [0.29, 0.717) is 16.4 Å². The number of aromatic nitrogens is 1. The van der Waals surface area contributed by atoms with Crippen molar-refractivity contribution in [1.29, 1.82) is 0 Å². The molecule has 3 rings (SSSR count). The van der Waals surface area contributed by atoms with Crippen molar-refractivity contribution in [2.24, 2.45) is 0 Å². The van der Waals surface area contributed by atoms with Crippen molar-refractivity contribution in [3.63, 3.8) is 0 Å². The number of benzene rings is 1. The van der Waals surface area contributed by atoms with Gasteiger partial charge >= 0.3 is 0 Å². The Morgan fingerprint density at radius 1 is 1.17 bits per heavy atom. The number of carbonyl (C=O) groups excluding carboxylic acids is 1. The number of nitrogens with zero attached hydrogens (tertiary/aromatic N) is 1. The molecule has 3 nitrogen and oxygen atoms in total. The Balaban J connectivity index is 1.73. The van der Waals surface area contributed by atoms with Gasteiger partial charge in [0.15, 0.2) is 0 Å². The van der Waals surface area contributed by atoms with Gasteiger partial charge in [-0.2, -0.15) is 0 Å². The first kappa shape index (κ1) is 16.1. The van der Waals surface area contributed by atoms with E-state index in [1.807, 2.05) is 30.3 Å². The lowest BCUT2D eigenvalue weighted by molar-refractivity contribution is 0.102. The molecule has 0 unspecified atom stereocenters. The summed E-state index contributed by atoms with van der Waals surface area (Å²) in [4.78, 5) is 18.8. The van der Waals surface area contributed by atoms with Crippen molar-refractivity contribution in [1.82, 2.24) is 4.98 Å². The van der Waals surface area contributed by atoms with E-state index in [1.165, 1.54) is 11.1 Å². The molecule has 0 saturated heterocycles. The minimum atomic E-state index is -0.172. The van der Waals surface area contributed by atoms with Crippen molar-refractivity contribution in [2.45, 2.75) is 10.6 Å². The Morgan fingerprint density at radius 3 is 2.78 bits per heavy atom. The van der Waals surface area contributed by atoms with Gasteiger partial charge in [-0.1, -0.05) is 29.8 Å². The van der Waals surface area contributed by atoms with Gasteiger partial charge in [-0.25, -0.2) is 4.98 Å². The molecule has 23 heavy (non-hydrogen) atoms. The highest BCUT2D eigenvalue weighted by atomic mass is 35.5. The van der Waals surface area contributed by atoms with Crippen LogP contribution < -0.4 is 5.32 Å². The van der Waals surface area contributed by atoms with Gasteiger partial charge in [0, 0.05) is 21.7 Å². The van der Waals surface area contributed by atoms with Crippen LogP contribution in [-0.2, 0) is 5.75 Å². The summed E-state index contributed by atoms with van der Waals surface area (Å²) in [6, 6.07) is 15.1. The number of pyridine rings is 1. The van der Waals surface area contributed by atoms with Crippen molar-refractivity contribution >= 4 is 46.4 Å². The number of thioether (sulfide) groups is 1. The molecule has 3 aromatic rings. The fourth-order valence-electron chi connectivity index (χ4n) is 1.96. The van der Waals surface area contributed by atoms with Gasteiger partial charge in [0.2, 0.25) is 0 Å². The maximum absolute atomic E-state index is 12.5. The average Bonchev–Trinajstić information content (AvgIpc) is 3.09. The molecular weight excluding hydrogens is 348 g/mol. The van der Waals surface area contributed by atoms with Crippen LogP contribution in [0.15, 0.2) is 65.0 Å². The molecule has 0 aliphatic heterocycles. The largest absolute Gasteiger partial charge is 0.307 e. The van der Waals surface area contributed by atoms with Crippen LogP contribution in [-0.4, -0.2) is 10.9 Å². The van der Waals surface area contributed by atoms with Gasteiger partial charge < -0.3 is 5.32 Å². The quantitative estimate of drug-likeness (QED) is 0.624. The number of anilines is 1. The Bertz CT molecular complexity index is 789. The fourth-order valence-corrected chi connectivity index (χ4v) is 3.89. The summed E-state index contributed by atoms with van der Waals surface area (Å²) in [5.74, 6) is 1.16. The molecule has 0 radical (unpaired) electrons. The molecule has 1 amide bonds. The zero-order chi connectivity index (χ0) is 16.1. The van der Waals surface area contributed by atoms with Crippen LogP contribution in [0.25, 0.3) is 0 Å². The van der Waals surface area contributed by atoms with E-state index in [2.05, 4.69) is 21.7 Å². The van der Waals surface area contributed by atoms with Crippen molar-refractivity contribution in [2.75, 3.05) is 5.32 Å². The molecule has 1 aromatic carbocycles. The predicted molar refractivity (Wildman–Crippen MR) is 97.5 cm³/mol. The normalized spacial score (nSPS) is 10.5. The summed E-state index contributed by atoms with van der Waals surface area (Å²) in [7, 11) is 0. The minimum Gasteiger partial charge on any atom is -0.307 e. The third-order valence-corrected chi connectivity index (χ3v) is 5.46. The van der Waals surface area contributed by atoms with Gasteiger partial charge in [0.25, 0.3) is 5.91 Å². The number of hydrogen-bond donors (Lipinski definition) is 1. The lowest BCUT2D eigenvalue weighted by Gasteiger charge is -2.09. The smallest absolute Gasteiger partial charge is 0.257 e. The van der Waals surface area contributed by atoms with Gasteiger partial charge in [-0.3, -0.25) is 4.79 Å². The monoisotopic (exact) mass is 360 g/mol. The summed E-state index contributed by atoms with van der Waals surface area (Å²) >= 11 is 9.17. The molecule has 0 fully saturated rings. The maximum Gasteiger partial charge on any atom is 0.257 e. The Labute approximate surface area is 147 Å². The fraction of sp³-hybridized carbons (Fsp3) is 0.0588. The topological polar surface area (TPSA) is 42.0 Å². The molecule has 0 atom stereocenters. The zero-order valence-corrected chi connectivity index (χ0v) is 14.4. The van der Waals surface area contributed by atoms with Crippen molar-refractivity contribution < 1.29 is 4.79 Å². The molecule has 0 spiro atoms. The first-order valence-electron chi connectivity index (χ1n) is 6.89. The van der Waals surface area contributed by atoms with E-state index in [4.69, 9.17) is 11.6 Å². The molecule has 2 heterocycles. The number of rotatable bonds is 5. The summed E-state index contributed by atoms with van der Waals surface area (Å²) < 4.78 is 0. The standard InChI is InChI=1S/C17H13ClN2OS2/c18-12-7-8-16(19-10-12)20-17(21)14-5-1-2-6-15(14)23-11-13-4-3-9-22-13/h1-10H,11H2,(H,19,20,21). The SMILES string of the molecule is O=C(Nc1ccc(Cl)cn1)c1ccccc1SCc1cccs1. The summed E-state index contributed by atoms with van der Waals surface area (Å²) in [5, 5.41) is 5.39. The molecule has 6 heteroatoms. The molecule has 0 bridgehead atoms. The average molecular weight is 361 g/mol. The van der Waals surface area contributed by atoms with E-state index >= 15 is 0 Å². The Morgan fingerprint density at radius 2 is 2.04 bits per heavy atom. The molecule has 0 aliphatic carbocycles. The zero-order valence-electron chi connectivity index (χ0n) is 12.0. The van der Waals surface area contributed by atoms with E-state index < -0.39 is 0 Å². The Hall–Kier alpha value is -1.82. The number of carbonyl (C=O) groups is 1. The predicted octanol–water partition coefficient (Wildman–Crippen LogP) is 5.34. The number of hydrogen-bond acceptors (Lipinski definition) is 4. The van der Waals surface area contributed by atoms with Gasteiger partial charge in [0.1, 0.15) is 5.82 Å². The first-order valence-corrected chi connectivity index (χ1v) is 9.14. The first-order chi connectivity index (χ1) is 11.2. The summed E-state index contributed by atoms with van der Waals surface area (Å²) in [5.41, 5.74) is 0.644. The highest BCUT2D eigenvalue weighted by Gasteiger charge is 2.12. The second kappa shape index (κ2) is 7.64. The molecule has 0 saturated carbocycles. The number of halogens is 1. The van der Waals surface area contributed by atoms with E-state index in [0.717, 1.165) is 10.6 Å². The van der Waals surface area contributed by atoms with Crippen LogP contribution in [0.4, 0.5) is 5.82 Å².